The molecule has 2 N–H and O–H groups in total. The predicted molar refractivity (Wildman–Crippen MR) is 124 cm³/mol. The van der Waals surface area contributed by atoms with Gasteiger partial charge in [0.15, 0.2) is 0 Å². The summed E-state index contributed by atoms with van der Waals surface area (Å²) in [6.45, 7) is 1.74. The highest BCUT2D eigenvalue weighted by molar-refractivity contribution is 6.31. The Balaban J connectivity index is 1.19. The van der Waals surface area contributed by atoms with Crippen LogP contribution >= 0.6 is 11.6 Å². The second kappa shape index (κ2) is 8.72. The second-order valence-corrected chi connectivity index (χ2v) is 8.07. The third-order valence-electron chi connectivity index (χ3n) is 5.34. The highest BCUT2D eigenvalue weighted by Crippen LogP contribution is 2.22. The molecule has 0 saturated carbocycles. The van der Waals surface area contributed by atoms with Crippen LogP contribution < -0.4 is 5.32 Å². The summed E-state index contributed by atoms with van der Waals surface area (Å²) >= 11 is 6.10. The van der Waals surface area contributed by atoms with Gasteiger partial charge in [0.25, 0.3) is 5.91 Å². The molecular formula is C24H21ClN6O. The van der Waals surface area contributed by atoms with Crippen LogP contribution in [0.3, 0.4) is 0 Å². The fourth-order valence-corrected chi connectivity index (χ4v) is 3.83. The van der Waals surface area contributed by atoms with Crippen molar-refractivity contribution in [3.63, 3.8) is 0 Å². The van der Waals surface area contributed by atoms with E-state index >= 15 is 0 Å². The summed E-state index contributed by atoms with van der Waals surface area (Å²) in [5.41, 5.74) is 4.79. The van der Waals surface area contributed by atoms with E-state index in [1.54, 1.807) is 23.3 Å². The molecule has 0 aliphatic rings. The number of carbonyl (C=O) groups excluding carboxylic acids is 1. The van der Waals surface area contributed by atoms with Crippen LogP contribution in [-0.4, -0.2) is 30.5 Å². The Bertz CT molecular complexity index is 1350. The minimum atomic E-state index is -0.165. The van der Waals surface area contributed by atoms with Gasteiger partial charge in [-0.15, -0.1) is 0 Å². The van der Waals surface area contributed by atoms with Gasteiger partial charge in [0.1, 0.15) is 0 Å². The SMILES string of the molecule is O=C(NCc1c[nH]c2ccc(Cl)cc12)c1cnn(Cc2ccc(Cn3cccn3)cc2)c1. The molecule has 0 bridgehead atoms. The maximum absolute atomic E-state index is 12.6. The maximum atomic E-state index is 12.6. The number of hydrogen-bond donors (Lipinski definition) is 2. The van der Waals surface area contributed by atoms with E-state index in [0.717, 1.165) is 28.6 Å². The first-order valence-electron chi connectivity index (χ1n) is 10.3. The summed E-state index contributed by atoms with van der Waals surface area (Å²) in [6, 6.07) is 15.9. The van der Waals surface area contributed by atoms with Gasteiger partial charge in [-0.25, -0.2) is 0 Å². The van der Waals surface area contributed by atoms with Crippen LogP contribution in [0.5, 0.6) is 0 Å². The van der Waals surface area contributed by atoms with Crippen LogP contribution in [0.2, 0.25) is 5.02 Å². The molecule has 32 heavy (non-hydrogen) atoms. The summed E-state index contributed by atoms with van der Waals surface area (Å²) in [6.07, 6.45) is 8.96. The Labute approximate surface area is 189 Å². The van der Waals surface area contributed by atoms with Crippen LogP contribution in [0.15, 0.2) is 79.5 Å². The number of fused-ring (bicyclic) bond motifs is 1. The van der Waals surface area contributed by atoms with Gasteiger partial charge >= 0.3 is 0 Å². The fourth-order valence-electron chi connectivity index (χ4n) is 3.66. The zero-order valence-electron chi connectivity index (χ0n) is 17.2. The minimum Gasteiger partial charge on any atom is -0.361 e. The average molecular weight is 445 g/mol. The van der Waals surface area contributed by atoms with Crippen LogP contribution in [0.1, 0.15) is 27.0 Å². The Kier molecular flexibility index (Phi) is 5.47. The number of halogens is 1. The molecule has 0 aliphatic heterocycles. The molecule has 0 spiro atoms. The van der Waals surface area contributed by atoms with Crippen molar-refractivity contribution < 1.29 is 4.79 Å². The van der Waals surface area contributed by atoms with Crippen LogP contribution in [0.4, 0.5) is 0 Å². The zero-order chi connectivity index (χ0) is 21.9. The molecule has 0 atom stereocenters. The van der Waals surface area contributed by atoms with Crippen molar-refractivity contribution in [2.24, 2.45) is 0 Å². The number of H-pyrrole nitrogens is 1. The lowest BCUT2D eigenvalue weighted by Gasteiger charge is -2.05. The smallest absolute Gasteiger partial charge is 0.254 e. The molecule has 7 nitrogen and oxygen atoms in total. The molecule has 160 valence electrons. The normalized spacial score (nSPS) is 11.2. The molecule has 5 aromatic rings. The van der Waals surface area contributed by atoms with Gasteiger partial charge in [0, 0.05) is 47.3 Å². The monoisotopic (exact) mass is 444 g/mol. The molecule has 0 fully saturated rings. The molecule has 0 aliphatic carbocycles. The van der Waals surface area contributed by atoms with E-state index in [9.17, 15) is 4.79 Å². The van der Waals surface area contributed by atoms with E-state index in [1.165, 1.54) is 5.56 Å². The third-order valence-corrected chi connectivity index (χ3v) is 5.57. The Morgan fingerprint density at radius 3 is 2.56 bits per heavy atom. The quantitative estimate of drug-likeness (QED) is 0.394. The molecule has 0 unspecified atom stereocenters. The van der Waals surface area contributed by atoms with E-state index in [-0.39, 0.29) is 5.91 Å². The van der Waals surface area contributed by atoms with Crippen molar-refractivity contribution in [2.45, 2.75) is 19.6 Å². The van der Waals surface area contributed by atoms with E-state index in [0.29, 0.717) is 23.7 Å². The van der Waals surface area contributed by atoms with Crippen molar-refractivity contribution in [1.82, 2.24) is 29.9 Å². The molecule has 5 rings (SSSR count). The summed E-state index contributed by atoms with van der Waals surface area (Å²) < 4.78 is 3.65. The zero-order valence-corrected chi connectivity index (χ0v) is 18.0. The minimum absolute atomic E-state index is 0.165. The van der Waals surface area contributed by atoms with Gasteiger partial charge in [0.05, 0.1) is 24.8 Å². The van der Waals surface area contributed by atoms with E-state index in [4.69, 9.17) is 11.6 Å². The Morgan fingerprint density at radius 1 is 1.03 bits per heavy atom. The highest BCUT2D eigenvalue weighted by atomic mass is 35.5. The van der Waals surface area contributed by atoms with E-state index < -0.39 is 0 Å². The summed E-state index contributed by atoms with van der Waals surface area (Å²) in [5.74, 6) is -0.165. The number of benzene rings is 2. The molecule has 0 saturated heterocycles. The lowest BCUT2D eigenvalue weighted by atomic mass is 10.1. The fraction of sp³-hybridized carbons (Fsp3) is 0.125. The van der Waals surface area contributed by atoms with Gasteiger partial charge in [-0.1, -0.05) is 35.9 Å². The predicted octanol–water partition coefficient (Wildman–Crippen LogP) is 4.24. The van der Waals surface area contributed by atoms with Gasteiger partial charge in [-0.2, -0.15) is 10.2 Å². The van der Waals surface area contributed by atoms with Crippen LogP contribution in [0, 0.1) is 0 Å². The largest absolute Gasteiger partial charge is 0.361 e. The maximum Gasteiger partial charge on any atom is 0.254 e. The first-order chi connectivity index (χ1) is 15.6. The number of rotatable bonds is 7. The standard InChI is InChI=1S/C24H21ClN6O/c25-21-6-7-23-22(10-21)19(11-26-23)12-27-24(32)20-13-29-31(16-20)15-18-4-2-17(3-5-18)14-30-9-1-8-28-30/h1-11,13,16,26H,12,14-15H2,(H,27,32). The number of carbonyl (C=O) groups is 1. The molecule has 2 aromatic carbocycles. The first-order valence-corrected chi connectivity index (χ1v) is 10.6. The molecule has 3 aromatic heterocycles. The van der Waals surface area contributed by atoms with Gasteiger partial charge in [-0.05, 0) is 41.0 Å². The molecule has 0 radical (unpaired) electrons. The number of amides is 1. The van der Waals surface area contributed by atoms with Gasteiger partial charge < -0.3 is 10.3 Å². The molecule has 3 heterocycles. The summed E-state index contributed by atoms with van der Waals surface area (Å²) in [7, 11) is 0. The number of nitrogens with zero attached hydrogens (tertiary/aromatic N) is 4. The summed E-state index contributed by atoms with van der Waals surface area (Å²) in [5, 5.41) is 13.2. The highest BCUT2D eigenvalue weighted by Gasteiger charge is 2.11. The molecule has 1 amide bonds. The van der Waals surface area contributed by atoms with Crippen LogP contribution in [-0.2, 0) is 19.6 Å². The Hall–Kier alpha value is -3.84. The number of aromatic amines is 1. The van der Waals surface area contributed by atoms with Crippen LogP contribution in [0.25, 0.3) is 10.9 Å². The second-order valence-electron chi connectivity index (χ2n) is 7.63. The van der Waals surface area contributed by atoms with Crippen molar-refractivity contribution in [1.29, 1.82) is 0 Å². The lowest BCUT2D eigenvalue weighted by Crippen LogP contribution is -2.22. The lowest BCUT2D eigenvalue weighted by molar-refractivity contribution is 0.0951. The molecular weight excluding hydrogens is 424 g/mol. The number of aromatic nitrogens is 5. The number of nitrogens with one attached hydrogen (secondary N) is 2. The van der Waals surface area contributed by atoms with E-state index in [1.807, 2.05) is 41.3 Å². The topological polar surface area (TPSA) is 80.5 Å². The van der Waals surface area contributed by atoms with Crippen molar-refractivity contribution in [3.05, 3.63) is 107 Å². The van der Waals surface area contributed by atoms with E-state index in [2.05, 4.69) is 44.8 Å². The Morgan fingerprint density at radius 2 is 1.81 bits per heavy atom. The average Bonchev–Trinajstić information content (AvgIpc) is 3.55. The number of hydrogen-bond acceptors (Lipinski definition) is 3. The molecule has 8 heteroatoms. The van der Waals surface area contributed by atoms with Crippen molar-refractivity contribution >= 4 is 28.4 Å². The summed E-state index contributed by atoms with van der Waals surface area (Å²) in [4.78, 5) is 15.8. The van der Waals surface area contributed by atoms with Gasteiger partial charge in [-0.3, -0.25) is 14.2 Å². The third kappa shape index (κ3) is 4.43. The van der Waals surface area contributed by atoms with Gasteiger partial charge in [0.2, 0.25) is 0 Å². The first kappa shape index (κ1) is 20.1. The van der Waals surface area contributed by atoms with Crippen molar-refractivity contribution in [3.8, 4) is 0 Å². The van der Waals surface area contributed by atoms with Crippen molar-refractivity contribution in [2.75, 3.05) is 0 Å².